The van der Waals surface area contributed by atoms with Gasteiger partial charge in [0.05, 0.1) is 41.9 Å². The molecule has 8 rings (SSSR count). The summed E-state index contributed by atoms with van der Waals surface area (Å²) in [6, 6.07) is 19.3. The summed E-state index contributed by atoms with van der Waals surface area (Å²) >= 11 is 3.85. The number of carbonyl (C=O) groups is 1. The Morgan fingerprint density at radius 1 is 0.696 bits per heavy atom. The van der Waals surface area contributed by atoms with Crippen LogP contribution in [0.15, 0.2) is 58.5 Å². The topological polar surface area (TPSA) is 108 Å². The molecule has 1 amide bonds. The van der Waals surface area contributed by atoms with Gasteiger partial charge in [0.25, 0.3) is 0 Å². The molecular formula is C44H65N7O3S2. The molecule has 3 N–H and O–H groups in total. The van der Waals surface area contributed by atoms with E-state index >= 15 is 0 Å². The van der Waals surface area contributed by atoms with E-state index in [9.17, 15) is 4.79 Å². The van der Waals surface area contributed by atoms with Gasteiger partial charge in [-0.15, -0.1) is 23.5 Å². The molecule has 4 saturated heterocycles. The molecule has 4 fully saturated rings. The predicted molar refractivity (Wildman–Crippen MR) is 234 cm³/mol. The van der Waals surface area contributed by atoms with Gasteiger partial charge in [0.1, 0.15) is 11.5 Å². The van der Waals surface area contributed by atoms with Crippen LogP contribution in [-0.2, 0) is 4.79 Å². The number of fused-ring (bicyclic) bond motifs is 2. The van der Waals surface area contributed by atoms with E-state index in [1.165, 1.54) is 61.4 Å². The second-order valence-corrected chi connectivity index (χ2v) is 18.9. The van der Waals surface area contributed by atoms with Gasteiger partial charge in [-0.3, -0.25) is 19.7 Å². The molecule has 0 aromatic heterocycles. The number of nitrogens with two attached hydrogens (primary N) is 1. The Balaban J connectivity index is 0.000000173. The summed E-state index contributed by atoms with van der Waals surface area (Å²) in [6.07, 6.45) is 12.0. The molecule has 0 radical (unpaired) electrons. The van der Waals surface area contributed by atoms with Gasteiger partial charge in [-0.2, -0.15) is 0 Å². The summed E-state index contributed by atoms with van der Waals surface area (Å²) in [5.74, 6) is 1.67. The molecule has 2 aromatic carbocycles. The van der Waals surface area contributed by atoms with Gasteiger partial charge in [0.15, 0.2) is 0 Å². The third-order valence-electron chi connectivity index (χ3n) is 12.3. The van der Waals surface area contributed by atoms with Crippen LogP contribution in [0.3, 0.4) is 0 Å². The van der Waals surface area contributed by atoms with Crippen molar-refractivity contribution in [2.24, 2.45) is 15.7 Å². The average molecular weight is 804 g/mol. The quantitative estimate of drug-likeness (QED) is 0.213. The number of nitrogens with one attached hydrogen (secondary N) is 1. The average Bonchev–Trinajstić information content (AvgIpc) is 3.97. The minimum atomic E-state index is -0.244. The first-order valence-corrected chi connectivity index (χ1v) is 23.3. The van der Waals surface area contributed by atoms with Crippen LogP contribution >= 0.6 is 23.5 Å². The SMILES string of the molecule is CC1CCCN1CCCOc1ccc(C2=NC3CCN(CC(N)=O)CCC3S2)cc1.CC1CCCN1CCCOc1ccc(C2=NC3CCNCCC3S2)cc1. The fraction of sp³-hybridized carbons (Fsp3) is 0.659. The zero-order valence-corrected chi connectivity index (χ0v) is 35.4. The number of hydrogen-bond acceptors (Lipinski definition) is 11. The fourth-order valence-electron chi connectivity index (χ4n) is 8.95. The number of aliphatic imine (C=N–C) groups is 2. The van der Waals surface area contributed by atoms with Gasteiger partial charge < -0.3 is 30.3 Å². The Bertz CT molecular complexity index is 1610. The summed E-state index contributed by atoms with van der Waals surface area (Å²) in [4.78, 5) is 28.5. The van der Waals surface area contributed by atoms with Crippen molar-refractivity contribution < 1.29 is 14.3 Å². The molecule has 56 heavy (non-hydrogen) atoms. The monoisotopic (exact) mass is 803 g/mol. The Morgan fingerprint density at radius 3 is 1.71 bits per heavy atom. The number of carbonyl (C=O) groups excluding carboxylic acids is 1. The number of amides is 1. The van der Waals surface area contributed by atoms with Crippen molar-refractivity contribution >= 4 is 39.5 Å². The molecule has 0 aliphatic carbocycles. The number of ether oxygens (including phenoxy) is 2. The second-order valence-electron chi connectivity index (χ2n) is 16.5. The van der Waals surface area contributed by atoms with Gasteiger partial charge in [-0.1, -0.05) is 0 Å². The van der Waals surface area contributed by atoms with Crippen LogP contribution in [0.25, 0.3) is 0 Å². The lowest BCUT2D eigenvalue weighted by Gasteiger charge is -2.20. The molecule has 6 aliphatic rings. The van der Waals surface area contributed by atoms with E-state index < -0.39 is 0 Å². The summed E-state index contributed by atoms with van der Waals surface area (Å²) in [7, 11) is 0. The molecule has 6 unspecified atom stereocenters. The van der Waals surface area contributed by atoms with E-state index in [2.05, 4.69) is 82.4 Å². The molecule has 0 saturated carbocycles. The van der Waals surface area contributed by atoms with Gasteiger partial charge in [0, 0.05) is 53.3 Å². The van der Waals surface area contributed by atoms with Crippen molar-refractivity contribution in [1.82, 2.24) is 20.0 Å². The lowest BCUT2D eigenvalue weighted by Crippen LogP contribution is -2.34. The zero-order chi connectivity index (χ0) is 38.7. The van der Waals surface area contributed by atoms with Gasteiger partial charge in [-0.25, -0.2) is 0 Å². The highest BCUT2D eigenvalue weighted by atomic mass is 32.2. The maximum absolute atomic E-state index is 11.2. The lowest BCUT2D eigenvalue weighted by molar-refractivity contribution is -0.119. The van der Waals surface area contributed by atoms with E-state index in [1.54, 1.807) is 0 Å². The Kier molecular flexibility index (Phi) is 15.5. The van der Waals surface area contributed by atoms with Crippen LogP contribution in [0.1, 0.15) is 89.2 Å². The molecule has 6 aliphatic heterocycles. The highest BCUT2D eigenvalue weighted by Gasteiger charge is 2.34. The normalized spacial score (nSPS) is 28.3. The second kappa shape index (κ2) is 20.9. The number of rotatable bonds is 14. The number of thioether (sulfide) groups is 2. The minimum absolute atomic E-state index is 0.244. The number of nitrogens with zero attached hydrogens (tertiary/aromatic N) is 5. The maximum atomic E-state index is 11.2. The number of hydrogen-bond donors (Lipinski definition) is 2. The Morgan fingerprint density at radius 2 is 1.20 bits per heavy atom. The van der Waals surface area contributed by atoms with Crippen molar-refractivity contribution in [1.29, 1.82) is 0 Å². The third kappa shape index (κ3) is 11.7. The van der Waals surface area contributed by atoms with E-state index in [-0.39, 0.29) is 5.91 Å². The van der Waals surface area contributed by atoms with Crippen molar-refractivity contribution in [2.75, 3.05) is 72.1 Å². The smallest absolute Gasteiger partial charge is 0.231 e. The number of benzene rings is 2. The van der Waals surface area contributed by atoms with Gasteiger partial charge in [0.2, 0.25) is 5.91 Å². The molecule has 0 spiro atoms. The first kappa shape index (κ1) is 41.5. The minimum Gasteiger partial charge on any atom is -0.494 e. The summed E-state index contributed by atoms with van der Waals surface area (Å²) in [5.41, 5.74) is 7.77. The van der Waals surface area contributed by atoms with Crippen molar-refractivity contribution in [2.45, 2.75) is 113 Å². The van der Waals surface area contributed by atoms with E-state index in [4.69, 9.17) is 25.2 Å². The highest BCUT2D eigenvalue weighted by Crippen LogP contribution is 2.37. The Labute approximate surface area is 344 Å². The van der Waals surface area contributed by atoms with Gasteiger partial charge >= 0.3 is 0 Å². The fourth-order valence-corrected chi connectivity index (χ4v) is 11.6. The van der Waals surface area contributed by atoms with Crippen LogP contribution in [0.4, 0.5) is 0 Å². The first-order chi connectivity index (χ1) is 27.4. The summed E-state index contributed by atoms with van der Waals surface area (Å²) in [6.45, 7) is 15.4. The molecule has 2 aromatic rings. The van der Waals surface area contributed by atoms with Gasteiger partial charge in [-0.05, 0) is 159 Å². The zero-order valence-electron chi connectivity index (χ0n) is 33.8. The molecule has 306 valence electrons. The van der Waals surface area contributed by atoms with E-state index in [0.717, 1.165) is 113 Å². The van der Waals surface area contributed by atoms with Crippen molar-refractivity contribution in [3.8, 4) is 11.5 Å². The maximum Gasteiger partial charge on any atom is 0.231 e. The van der Waals surface area contributed by atoms with Crippen LogP contribution < -0.4 is 20.5 Å². The molecule has 10 nitrogen and oxygen atoms in total. The summed E-state index contributed by atoms with van der Waals surface area (Å²) < 4.78 is 11.9. The summed E-state index contributed by atoms with van der Waals surface area (Å²) in [5, 5.41) is 7.00. The largest absolute Gasteiger partial charge is 0.494 e. The predicted octanol–water partition coefficient (Wildman–Crippen LogP) is 6.31. The van der Waals surface area contributed by atoms with Crippen LogP contribution in [0.5, 0.6) is 11.5 Å². The van der Waals surface area contributed by atoms with Crippen molar-refractivity contribution in [3.63, 3.8) is 0 Å². The standard InChI is InChI=1S/C23H34N4O2S.C21H31N3OS/c1-17-4-2-11-27(17)12-3-15-29-19-7-5-18(6-8-19)23-25-20-9-13-26(16-22(24)28)14-10-21(20)30-23;1-16-4-2-13-24(16)14-3-15-25-18-7-5-17(6-8-18)21-23-19-9-11-22-12-10-20(19)26-21/h5-8,17,20-21H,2-4,9-16H2,1H3,(H2,24,28);5-8,16,19-20,22H,2-4,9-15H2,1H3. The number of primary amides is 1. The van der Waals surface area contributed by atoms with E-state index in [1.807, 2.05) is 23.5 Å². The van der Waals surface area contributed by atoms with Crippen LogP contribution in [0.2, 0.25) is 0 Å². The van der Waals surface area contributed by atoms with E-state index in [0.29, 0.717) is 29.1 Å². The number of likely N-dealkylation sites (tertiary alicyclic amines) is 3. The molecule has 6 atom stereocenters. The molecule has 6 heterocycles. The van der Waals surface area contributed by atoms with Crippen molar-refractivity contribution in [3.05, 3.63) is 59.7 Å². The molecule has 12 heteroatoms. The highest BCUT2D eigenvalue weighted by molar-refractivity contribution is 8.15. The lowest BCUT2D eigenvalue weighted by atomic mass is 10.1. The first-order valence-electron chi connectivity index (χ1n) is 21.5. The Hall–Kier alpha value is -2.61. The van der Waals surface area contributed by atoms with Crippen LogP contribution in [0, 0.1) is 0 Å². The van der Waals surface area contributed by atoms with Crippen LogP contribution in [-0.4, -0.2) is 137 Å². The third-order valence-corrected chi connectivity index (χ3v) is 15.2. The molecular weight excluding hydrogens is 739 g/mol. The molecule has 0 bridgehead atoms.